The Morgan fingerprint density at radius 3 is 2.63 bits per heavy atom. The van der Waals surface area contributed by atoms with E-state index in [4.69, 9.17) is 4.74 Å². The largest absolute Gasteiger partial charge is 0.493 e. The van der Waals surface area contributed by atoms with Crippen LogP contribution in [0.3, 0.4) is 0 Å². The fraction of sp³-hybridized carbons (Fsp3) is 0.391. The third kappa shape index (κ3) is 5.43. The topological polar surface area (TPSA) is 55.4 Å². The zero-order valence-corrected chi connectivity index (χ0v) is 15.9. The van der Waals surface area contributed by atoms with Crippen molar-refractivity contribution in [3.05, 3.63) is 65.2 Å². The maximum atomic E-state index is 12.3. The van der Waals surface area contributed by atoms with Crippen LogP contribution >= 0.6 is 0 Å². The second-order valence-electron chi connectivity index (χ2n) is 7.16. The summed E-state index contributed by atoms with van der Waals surface area (Å²) >= 11 is 0. The van der Waals surface area contributed by atoms with E-state index in [0.717, 1.165) is 25.0 Å². The van der Waals surface area contributed by atoms with Crippen molar-refractivity contribution < 1.29 is 14.3 Å². The van der Waals surface area contributed by atoms with Crippen LogP contribution in [0.5, 0.6) is 5.75 Å². The number of hydrogen-bond donors (Lipinski definition) is 1. The molecule has 142 valence electrons. The molecule has 2 aromatic rings. The average Bonchev–Trinajstić information content (AvgIpc) is 2.71. The normalized spacial score (nSPS) is 15.5. The number of hydrogen-bond acceptors (Lipinski definition) is 3. The molecule has 0 aliphatic carbocycles. The first kappa shape index (κ1) is 19.2. The van der Waals surface area contributed by atoms with Gasteiger partial charge in [0.05, 0.1) is 6.61 Å². The molecule has 0 aromatic heterocycles. The molecule has 4 heteroatoms. The summed E-state index contributed by atoms with van der Waals surface area (Å²) in [6, 6.07) is 15.7. The Labute approximate surface area is 160 Å². The number of ether oxygens (including phenoxy) is 1. The molecule has 1 amide bonds. The summed E-state index contributed by atoms with van der Waals surface area (Å²) in [5.41, 5.74) is 3.10. The van der Waals surface area contributed by atoms with Crippen molar-refractivity contribution >= 4 is 11.7 Å². The molecule has 1 unspecified atom stereocenters. The Hall–Kier alpha value is -2.62. The van der Waals surface area contributed by atoms with Gasteiger partial charge in [-0.3, -0.25) is 9.59 Å². The number of amides is 1. The van der Waals surface area contributed by atoms with E-state index < -0.39 is 0 Å². The highest BCUT2D eigenvalue weighted by Gasteiger charge is 2.20. The molecule has 0 fully saturated rings. The SMILES string of the molecule is CCCc1ccc(C(=O)CCC(=O)NCC2COc3ccccc3C2)cc1. The predicted octanol–water partition coefficient (Wildman–Crippen LogP) is 3.97. The van der Waals surface area contributed by atoms with E-state index in [1.165, 1.54) is 11.1 Å². The van der Waals surface area contributed by atoms with Gasteiger partial charge < -0.3 is 10.1 Å². The van der Waals surface area contributed by atoms with Crippen molar-refractivity contribution in [3.63, 3.8) is 0 Å². The van der Waals surface area contributed by atoms with E-state index in [1.54, 1.807) is 0 Å². The second-order valence-corrected chi connectivity index (χ2v) is 7.16. The highest BCUT2D eigenvalue weighted by Crippen LogP contribution is 2.26. The molecule has 0 bridgehead atoms. The Morgan fingerprint density at radius 1 is 1.07 bits per heavy atom. The predicted molar refractivity (Wildman–Crippen MR) is 106 cm³/mol. The van der Waals surface area contributed by atoms with E-state index in [1.807, 2.05) is 42.5 Å². The molecule has 1 N–H and O–H groups in total. The van der Waals surface area contributed by atoms with Crippen molar-refractivity contribution in [1.29, 1.82) is 0 Å². The molecule has 0 spiro atoms. The van der Waals surface area contributed by atoms with Crippen LogP contribution in [-0.2, 0) is 17.6 Å². The number of rotatable bonds is 8. The van der Waals surface area contributed by atoms with Crippen LogP contribution in [0.4, 0.5) is 0 Å². The molecule has 1 aliphatic rings. The van der Waals surface area contributed by atoms with Crippen LogP contribution in [0.1, 0.15) is 47.7 Å². The molecule has 4 nitrogen and oxygen atoms in total. The van der Waals surface area contributed by atoms with Crippen molar-refractivity contribution in [3.8, 4) is 5.75 Å². The fourth-order valence-electron chi connectivity index (χ4n) is 3.39. The minimum Gasteiger partial charge on any atom is -0.493 e. The molecule has 2 aromatic carbocycles. The summed E-state index contributed by atoms with van der Waals surface area (Å²) < 4.78 is 5.75. The molecule has 0 saturated heterocycles. The first-order valence-electron chi connectivity index (χ1n) is 9.75. The van der Waals surface area contributed by atoms with Gasteiger partial charge in [-0.25, -0.2) is 0 Å². The van der Waals surface area contributed by atoms with Crippen LogP contribution in [0.25, 0.3) is 0 Å². The Morgan fingerprint density at radius 2 is 1.85 bits per heavy atom. The molecule has 0 saturated carbocycles. The third-order valence-electron chi connectivity index (χ3n) is 4.94. The average molecular weight is 365 g/mol. The zero-order valence-electron chi connectivity index (χ0n) is 15.9. The summed E-state index contributed by atoms with van der Waals surface area (Å²) in [5.74, 6) is 1.15. The summed E-state index contributed by atoms with van der Waals surface area (Å²) in [7, 11) is 0. The van der Waals surface area contributed by atoms with Crippen molar-refractivity contribution in [2.75, 3.05) is 13.2 Å². The Balaban J connectivity index is 1.40. The number of carbonyl (C=O) groups excluding carboxylic acids is 2. The van der Waals surface area contributed by atoms with Gasteiger partial charge in [-0.15, -0.1) is 0 Å². The molecular weight excluding hydrogens is 338 g/mol. The van der Waals surface area contributed by atoms with E-state index in [-0.39, 0.29) is 30.4 Å². The van der Waals surface area contributed by atoms with Crippen molar-refractivity contribution in [2.45, 2.75) is 39.0 Å². The van der Waals surface area contributed by atoms with Gasteiger partial charge in [0.2, 0.25) is 5.91 Å². The van der Waals surface area contributed by atoms with E-state index in [0.29, 0.717) is 18.7 Å². The highest BCUT2D eigenvalue weighted by atomic mass is 16.5. The lowest BCUT2D eigenvalue weighted by molar-refractivity contribution is -0.121. The van der Waals surface area contributed by atoms with Crippen LogP contribution < -0.4 is 10.1 Å². The van der Waals surface area contributed by atoms with Crippen LogP contribution in [0.15, 0.2) is 48.5 Å². The minimum atomic E-state index is -0.0789. The quantitative estimate of drug-likeness (QED) is 0.720. The standard InChI is InChI=1S/C23H27NO3/c1-2-5-17-8-10-19(11-9-17)21(25)12-13-23(26)24-15-18-14-20-6-3-4-7-22(20)27-16-18/h3-4,6-11,18H,2,5,12-16H2,1H3,(H,24,26). The number of nitrogens with one attached hydrogen (secondary N) is 1. The van der Waals surface area contributed by atoms with Gasteiger partial charge in [0, 0.05) is 30.9 Å². The number of Topliss-reactive ketones (excluding diaryl/α,β-unsaturated/α-hetero) is 1. The van der Waals surface area contributed by atoms with Gasteiger partial charge in [0.1, 0.15) is 5.75 Å². The van der Waals surface area contributed by atoms with Crippen LogP contribution in [0.2, 0.25) is 0 Å². The number of aryl methyl sites for hydroxylation is 1. The second kappa shape index (κ2) is 9.36. The maximum absolute atomic E-state index is 12.3. The molecular formula is C23H27NO3. The van der Waals surface area contributed by atoms with Crippen LogP contribution in [0, 0.1) is 5.92 Å². The fourth-order valence-corrected chi connectivity index (χ4v) is 3.39. The van der Waals surface area contributed by atoms with Crippen molar-refractivity contribution in [1.82, 2.24) is 5.32 Å². The van der Waals surface area contributed by atoms with Gasteiger partial charge in [0.25, 0.3) is 0 Å². The number of para-hydroxylation sites is 1. The monoisotopic (exact) mass is 365 g/mol. The number of carbonyl (C=O) groups is 2. The number of ketones is 1. The summed E-state index contributed by atoms with van der Waals surface area (Å²) in [6.45, 7) is 3.32. The zero-order chi connectivity index (χ0) is 19.1. The highest BCUT2D eigenvalue weighted by molar-refractivity contribution is 5.97. The Bertz CT molecular complexity index is 782. The van der Waals surface area contributed by atoms with Gasteiger partial charge in [-0.2, -0.15) is 0 Å². The minimum absolute atomic E-state index is 0.0168. The smallest absolute Gasteiger partial charge is 0.220 e. The lowest BCUT2D eigenvalue weighted by Gasteiger charge is -2.25. The third-order valence-corrected chi connectivity index (χ3v) is 4.94. The summed E-state index contributed by atoms with van der Waals surface area (Å²) in [4.78, 5) is 24.4. The molecule has 3 rings (SSSR count). The lowest BCUT2D eigenvalue weighted by Crippen LogP contribution is -2.34. The van der Waals surface area contributed by atoms with E-state index in [2.05, 4.69) is 18.3 Å². The first-order valence-corrected chi connectivity index (χ1v) is 9.75. The van der Waals surface area contributed by atoms with Gasteiger partial charge in [0.15, 0.2) is 5.78 Å². The molecule has 1 aliphatic heterocycles. The van der Waals surface area contributed by atoms with E-state index in [9.17, 15) is 9.59 Å². The lowest BCUT2D eigenvalue weighted by atomic mass is 9.96. The van der Waals surface area contributed by atoms with Gasteiger partial charge in [-0.1, -0.05) is 55.8 Å². The number of fused-ring (bicyclic) bond motifs is 1. The molecule has 0 radical (unpaired) electrons. The van der Waals surface area contributed by atoms with Gasteiger partial charge in [-0.05, 0) is 30.0 Å². The van der Waals surface area contributed by atoms with Crippen molar-refractivity contribution in [2.24, 2.45) is 5.92 Å². The molecule has 1 atom stereocenters. The molecule has 1 heterocycles. The summed E-state index contributed by atoms with van der Waals surface area (Å²) in [6.07, 6.45) is 3.47. The first-order chi connectivity index (χ1) is 13.2. The summed E-state index contributed by atoms with van der Waals surface area (Å²) in [5, 5.41) is 2.94. The van der Waals surface area contributed by atoms with E-state index >= 15 is 0 Å². The number of benzene rings is 2. The van der Waals surface area contributed by atoms with Gasteiger partial charge >= 0.3 is 0 Å². The maximum Gasteiger partial charge on any atom is 0.220 e. The van der Waals surface area contributed by atoms with Crippen LogP contribution in [-0.4, -0.2) is 24.8 Å². The molecule has 27 heavy (non-hydrogen) atoms. The Kier molecular flexibility index (Phi) is 6.64.